The molecule has 0 radical (unpaired) electrons. The quantitative estimate of drug-likeness (QED) is 0.845. The molecule has 23 heavy (non-hydrogen) atoms. The van der Waals surface area contributed by atoms with Crippen molar-refractivity contribution in [2.24, 2.45) is 0 Å². The van der Waals surface area contributed by atoms with Crippen molar-refractivity contribution < 1.29 is 9.90 Å². The van der Waals surface area contributed by atoms with Crippen molar-refractivity contribution in [2.75, 3.05) is 33.8 Å². The van der Waals surface area contributed by atoms with Gasteiger partial charge in [0.2, 0.25) is 0 Å². The Morgan fingerprint density at radius 1 is 1.30 bits per heavy atom. The molecule has 0 aromatic heterocycles. The van der Waals surface area contributed by atoms with E-state index in [1.165, 1.54) is 5.56 Å². The zero-order chi connectivity index (χ0) is 16.7. The topological polar surface area (TPSA) is 55.8 Å². The second-order valence-electron chi connectivity index (χ2n) is 6.43. The van der Waals surface area contributed by atoms with Crippen LogP contribution in [0.1, 0.15) is 37.3 Å². The van der Waals surface area contributed by atoms with Gasteiger partial charge in [-0.2, -0.15) is 0 Å². The maximum absolute atomic E-state index is 12.0. The van der Waals surface area contributed by atoms with E-state index in [4.69, 9.17) is 5.11 Å². The normalized spacial score (nSPS) is 17.1. The van der Waals surface area contributed by atoms with Gasteiger partial charge in [0.15, 0.2) is 0 Å². The Kier molecular flexibility index (Phi) is 6.86. The summed E-state index contributed by atoms with van der Waals surface area (Å²) in [7, 11) is 3.60. The number of nitrogens with zero attached hydrogens (tertiary/aromatic N) is 2. The van der Waals surface area contributed by atoms with E-state index < -0.39 is 0 Å². The van der Waals surface area contributed by atoms with Crippen molar-refractivity contribution in [3.63, 3.8) is 0 Å². The highest BCUT2D eigenvalue weighted by atomic mass is 16.3. The summed E-state index contributed by atoms with van der Waals surface area (Å²) in [6.45, 7) is 1.83. The highest BCUT2D eigenvalue weighted by Crippen LogP contribution is 2.22. The summed E-state index contributed by atoms with van der Waals surface area (Å²) in [5.74, 6) is 0. The molecule has 2 rings (SSSR count). The van der Waals surface area contributed by atoms with Gasteiger partial charge in [-0.15, -0.1) is 0 Å². The van der Waals surface area contributed by atoms with Gasteiger partial charge in [-0.1, -0.05) is 30.3 Å². The Morgan fingerprint density at radius 3 is 2.52 bits per heavy atom. The molecular formula is C18H29N3O2. The number of aliphatic hydroxyl groups is 1. The minimum absolute atomic E-state index is 0.100. The summed E-state index contributed by atoms with van der Waals surface area (Å²) >= 11 is 0. The summed E-state index contributed by atoms with van der Waals surface area (Å²) in [4.78, 5) is 15.6. The lowest BCUT2D eigenvalue weighted by molar-refractivity contribution is 0.149. The molecule has 0 aliphatic carbocycles. The molecule has 1 fully saturated rings. The molecule has 2 N–H and O–H groups in total. The molecule has 5 nitrogen and oxygen atoms in total. The minimum Gasteiger partial charge on any atom is -0.396 e. The standard InChI is InChI=1S/C18H29N3O2/c1-20(2)18(23)21-12-10-16(11-13-21)19-17(9-6-14-22)15-7-4-3-5-8-15/h3-5,7-8,16-17,19,22H,6,9-14H2,1-2H3. The number of likely N-dealkylation sites (tertiary alicyclic amines) is 1. The first-order chi connectivity index (χ1) is 11.1. The molecule has 1 saturated heterocycles. The van der Waals surface area contributed by atoms with Crippen molar-refractivity contribution in [1.82, 2.24) is 15.1 Å². The third-order valence-electron chi connectivity index (χ3n) is 4.44. The first kappa shape index (κ1) is 17.8. The monoisotopic (exact) mass is 319 g/mol. The number of amides is 2. The van der Waals surface area contributed by atoms with E-state index in [-0.39, 0.29) is 18.7 Å². The van der Waals surface area contributed by atoms with E-state index in [2.05, 4.69) is 29.6 Å². The van der Waals surface area contributed by atoms with Crippen molar-refractivity contribution >= 4 is 6.03 Å². The third kappa shape index (κ3) is 5.22. The van der Waals surface area contributed by atoms with Crippen LogP contribution in [-0.2, 0) is 0 Å². The number of hydrogen-bond acceptors (Lipinski definition) is 3. The second-order valence-corrected chi connectivity index (χ2v) is 6.43. The maximum atomic E-state index is 12.0. The van der Waals surface area contributed by atoms with E-state index in [0.717, 1.165) is 38.8 Å². The lowest BCUT2D eigenvalue weighted by Gasteiger charge is -2.36. The molecule has 2 amide bonds. The number of benzene rings is 1. The van der Waals surface area contributed by atoms with Gasteiger partial charge >= 0.3 is 6.03 Å². The lowest BCUT2D eigenvalue weighted by atomic mass is 9.98. The molecule has 1 heterocycles. The molecule has 1 aliphatic heterocycles. The van der Waals surface area contributed by atoms with Crippen LogP contribution in [0.25, 0.3) is 0 Å². The highest BCUT2D eigenvalue weighted by Gasteiger charge is 2.25. The van der Waals surface area contributed by atoms with Gasteiger partial charge < -0.3 is 20.2 Å². The summed E-state index contributed by atoms with van der Waals surface area (Å²) in [6, 6.07) is 11.2. The van der Waals surface area contributed by atoms with Crippen LogP contribution in [0.5, 0.6) is 0 Å². The number of piperidine rings is 1. The van der Waals surface area contributed by atoms with Gasteiger partial charge in [0, 0.05) is 45.9 Å². The predicted molar refractivity (Wildman–Crippen MR) is 92.3 cm³/mol. The summed E-state index contributed by atoms with van der Waals surface area (Å²) in [5.41, 5.74) is 1.27. The maximum Gasteiger partial charge on any atom is 0.319 e. The number of rotatable bonds is 6. The Labute approximate surface area is 139 Å². The smallest absolute Gasteiger partial charge is 0.319 e. The number of carbonyl (C=O) groups is 1. The second kappa shape index (κ2) is 8.89. The highest BCUT2D eigenvalue weighted by molar-refractivity contribution is 5.73. The molecule has 0 bridgehead atoms. The Bertz CT molecular complexity index is 470. The molecule has 1 aromatic rings. The summed E-state index contributed by atoms with van der Waals surface area (Å²) in [5, 5.41) is 12.9. The first-order valence-corrected chi connectivity index (χ1v) is 8.50. The third-order valence-corrected chi connectivity index (χ3v) is 4.44. The van der Waals surface area contributed by atoms with Crippen LogP contribution in [0.3, 0.4) is 0 Å². The van der Waals surface area contributed by atoms with E-state index >= 15 is 0 Å². The summed E-state index contributed by atoms with van der Waals surface area (Å²) < 4.78 is 0. The number of carbonyl (C=O) groups excluding carboxylic acids is 1. The molecule has 1 unspecified atom stereocenters. The number of nitrogens with one attached hydrogen (secondary N) is 1. The van der Waals surface area contributed by atoms with Gasteiger partial charge in [-0.25, -0.2) is 4.79 Å². The van der Waals surface area contributed by atoms with Crippen LogP contribution in [0, 0.1) is 0 Å². The van der Waals surface area contributed by atoms with Gasteiger partial charge in [0.05, 0.1) is 0 Å². The Hall–Kier alpha value is -1.59. The van der Waals surface area contributed by atoms with E-state index in [0.29, 0.717) is 6.04 Å². The number of urea groups is 1. The van der Waals surface area contributed by atoms with E-state index in [1.807, 2.05) is 11.0 Å². The fourth-order valence-corrected chi connectivity index (χ4v) is 3.13. The molecular weight excluding hydrogens is 290 g/mol. The average Bonchev–Trinajstić information content (AvgIpc) is 2.59. The Balaban J connectivity index is 1.90. The largest absolute Gasteiger partial charge is 0.396 e. The number of aliphatic hydroxyl groups excluding tert-OH is 1. The van der Waals surface area contributed by atoms with Gasteiger partial charge in [0.1, 0.15) is 0 Å². The minimum atomic E-state index is 0.100. The fraction of sp³-hybridized carbons (Fsp3) is 0.611. The number of hydrogen-bond donors (Lipinski definition) is 2. The molecule has 0 saturated carbocycles. The van der Waals surface area contributed by atoms with Crippen molar-refractivity contribution in [2.45, 2.75) is 37.8 Å². The van der Waals surface area contributed by atoms with Gasteiger partial charge in [-0.3, -0.25) is 0 Å². The molecule has 0 spiro atoms. The first-order valence-electron chi connectivity index (χ1n) is 8.50. The van der Waals surface area contributed by atoms with Gasteiger partial charge in [0.25, 0.3) is 0 Å². The SMILES string of the molecule is CN(C)C(=O)N1CCC(NC(CCCO)c2ccccc2)CC1. The van der Waals surface area contributed by atoms with Crippen LogP contribution in [0.2, 0.25) is 0 Å². The van der Waals surface area contributed by atoms with Crippen LogP contribution >= 0.6 is 0 Å². The lowest BCUT2D eigenvalue weighted by Crippen LogP contribution is -2.48. The molecule has 1 aliphatic rings. The van der Waals surface area contributed by atoms with Crippen LogP contribution < -0.4 is 5.32 Å². The molecule has 128 valence electrons. The predicted octanol–water partition coefficient (Wildman–Crippen LogP) is 2.24. The van der Waals surface area contributed by atoms with Crippen molar-refractivity contribution in [3.8, 4) is 0 Å². The van der Waals surface area contributed by atoms with Crippen LogP contribution in [0.4, 0.5) is 4.79 Å². The zero-order valence-electron chi connectivity index (χ0n) is 14.2. The molecule has 1 aromatic carbocycles. The molecule has 1 atom stereocenters. The van der Waals surface area contributed by atoms with Crippen molar-refractivity contribution in [3.05, 3.63) is 35.9 Å². The van der Waals surface area contributed by atoms with Gasteiger partial charge in [-0.05, 0) is 31.2 Å². The van der Waals surface area contributed by atoms with Crippen LogP contribution in [0.15, 0.2) is 30.3 Å². The fourth-order valence-electron chi connectivity index (χ4n) is 3.13. The van der Waals surface area contributed by atoms with E-state index in [1.54, 1.807) is 19.0 Å². The zero-order valence-corrected chi connectivity index (χ0v) is 14.2. The average molecular weight is 319 g/mol. The summed E-state index contributed by atoms with van der Waals surface area (Å²) in [6.07, 6.45) is 3.67. The van der Waals surface area contributed by atoms with Crippen molar-refractivity contribution in [1.29, 1.82) is 0 Å². The van der Waals surface area contributed by atoms with E-state index in [9.17, 15) is 4.79 Å². The Morgan fingerprint density at radius 2 is 1.96 bits per heavy atom. The van der Waals surface area contributed by atoms with Crippen LogP contribution in [-0.4, -0.2) is 60.8 Å². The molecule has 5 heteroatoms.